The number of rotatable bonds is 1. The summed E-state index contributed by atoms with van der Waals surface area (Å²) in [5, 5.41) is 3.82. The highest BCUT2D eigenvalue weighted by Gasteiger charge is 2.51. The van der Waals surface area contributed by atoms with Crippen LogP contribution in [0, 0.1) is 6.92 Å². The van der Waals surface area contributed by atoms with E-state index in [4.69, 9.17) is 0 Å². The zero-order chi connectivity index (χ0) is 16.3. The van der Waals surface area contributed by atoms with Gasteiger partial charge in [0.15, 0.2) is 0 Å². The number of hydrogen-bond donors (Lipinski definition) is 0. The predicted octanol–water partition coefficient (Wildman–Crippen LogP) is 7.01. The lowest BCUT2D eigenvalue weighted by Gasteiger charge is -2.46. The van der Waals surface area contributed by atoms with Crippen LogP contribution in [0.15, 0.2) is 35.7 Å². The molecule has 1 atom stereocenters. The highest BCUT2D eigenvalue weighted by Crippen LogP contribution is 2.60. The minimum absolute atomic E-state index is 0.221. The van der Waals surface area contributed by atoms with Gasteiger partial charge in [-0.2, -0.15) is 0 Å². The Morgan fingerprint density at radius 2 is 1.88 bits per heavy atom. The summed E-state index contributed by atoms with van der Waals surface area (Å²) in [5.74, 6) is 0. The summed E-state index contributed by atoms with van der Waals surface area (Å²) in [6.07, 6.45) is 6.72. The van der Waals surface area contributed by atoms with E-state index in [1.807, 2.05) is 22.7 Å². The molecule has 1 saturated carbocycles. The fourth-order valence-corrected chi connectivity index (χ4v) is 7.54. The molecule has 3 aromatic rings. The molecule has 0 unspecified atom stereocenters. The van der Waals surface area contributed by atoms with Gasteiger partial charge in [0.25, 0.3) is 0 Å². The van der Waals surface area contributed by atoms with Gasteiger partial charge in [-0.25, -0.2) is 0 Å². The molecule has 1 aromatic carbocycles. The number of para-hydroxylation sites is 1. The van der Waals surface area contributed by atoms with Crippen LogP contribution in [0.2, 0.25) is 0 Å². The summed E-state index contributed by atoms with van der Waals surface area (Å²) in [6.45, 7) is 4.69. The number of thiophene rings is 2. The molecule has 24 heavy (non-hydrogen) atoms. The molecule has 2 aromatic heterocycles. The number of aryl methyl sites for hydroxylation is 1. The van der Waals surface area contributed by atoms with Gasteiger partial charge in [-0.1, -0.05) is 37.5 Å². The fraction of sp³-hybridized carbons (Fsp3) is 0.429. The van der Waals surface area contributed by atoms with Gasteiger partial charge in [-0.15, -0.1) is 22.7 Å². The van der Waals surface area contributed by atoms with Crippen molar-refractivity contribution in [3.05, 3.63) is 51.7 Å². The van der Waals surface area contributed by atoms with Crippen LogP contribution < -0.4 is 4.90 Å². The van der Waals surface area contributed by atoms with Crippen LogP contribution in [0.25, 0.3) is 9.40 Å². The molecule has 0 N–H and O–H groups in total. The second-order valence-electron chi connectivity index (χ2n) is 7.39. The molecule has 0 amide bonds. The molecule has 2 aliphatic rings. The molecule has 0 radical (unpaired) electrons. The summed E-state index contributed by atoms with van der Waals surface area (Å²) in [5.41, 5.74) is 4.75. The van der Waals surface area contributed by atoms with Gasteiger partial charge < -0.3 is 4.90 Å². The van der Waals surface area contributed by atoms with Crippen molar-refractivity contribution in [2.75, 3.05) is 4.90 Å². The van der Waals surface area contributed by atoms with E-state index in [-0.39, 0.29) is 5.54 Å². The first-order chi connectivity index (χ1) is 11.7. The minimum atomic E-state index is 0.221. The Bertz CT molecular complexity index is 898. The molecule has 3 heteroatoms. The Hall–Kier alpha value is -1.32. The van der Waals surface area contributed by atoms with Crippen molar-refractivity contribution in [1.82, 2.24) is 0 Å². The maximum absolute atomic E-state index is 2.79. The third kappa shape index (κ3) is 1.86. The van der Waals surface area contributed by atoms with Crippen LogP contribution in [-0.4, -0.2) is 0 Å². The number of hydrogen-bond acceptors (Lipinski definition) is 3. The molecule has 1 fully saturated rings. The Balaban J connectivity index is 1.78. The smallest absolute Gasteiger partial charge is 0.0872 e. The van der Waals surface area contributed by atoms with Crippen molar-refractivity contribution in [1.29, 1.82) is 0 Å². The molecule has 1 aliphatic heterocycles. The maximum Gasteiger partial charge on any atom is 0.0872 e. The van der Waals surface area contributed by atoms with Crippen LogP contribution in [0.5, 0.6) is 0 Å². The van der Waals surface area contributed by atoms with Crippen molar-refractivity contribution in [2.45, 2.75) is 57.5 Å². The first-order valence-electron chi connectivity index (χ1n) is 9.08. The first kappa shape index (κ1) is 15.0. The van der Waals surface area contributed by atoms with Gasteiger partial charge in [0, 0.05) is 21.5 Å². The molecule has 3 heterocycles. The van der Waals surface area contributed by atoms with Crippen LogP contribution in [-0.2, 0) is 5.54 Å². The van der Waals surface area contributed by atoms with Gasteiger partial charge >= 0.3 is 0 Å². The quantitative estimate of drug-likeness (QED) is 0.454. The van der Waals surface area contributed by atoms with Gasteiger partial charge in [-0.05, 0) is 49.8 Å². The summed E-state index contributed by atoms with van der Waals surface area (Å²) in [7, 11) is 0. The molecular formula is C21H23NS2. The zero-order valence-corrected chi connectivity index (χ0v) is 16.0. The summed E-state index contributed by atoms with van der Waals surface area (Å²) >= 11 is 3.97. The molecule has 124 valence electrons. The number of benzene rings is 1. The third-order valence-electron chi connectivity index (χ3n) is 6.10. The largest absolute Gasteiger partial charge is 0.354 e. The predicted molar refractivity (Wildman–Crippen MR) is 107 cm³/mol. The van der Waals surface area contributed by atoms with Crippen molar-refractivity contribution in [2.24, 2.45) is 0 Å². The maximum atomic E-state index is 2.79. The van der Waals surface area contributed by atoms with Gasteiger partial charge in [-0.3, -0.25) is 0 Å². The minimum Gasteiger partial charge on any atom is -0.354 e. The lowest BCUT2D eigenvalue weighted by atomic mass is 9.76. The molecule has 5 rings (SSSR count). The lowest BCUT2D eigenvalue weighted by Crippen LogP contribution is -2.44. The number of fused-ring (bicyclic) bond motifs is 4. The van der Waals surface area contributed by atoms with E-state index >= 15 is 0 Å². The van der Waals surface area contributed by atoms with Gasteiger partial charge in [0.1, 0.15) is 0 Å². The Morgan fingerprint density at radius 1 is 1.08 bits per heavy atom. The SMILES string of the molecule is Cc1ccccc1N1[C@@H](C)c2sc3sccc3c2C12CCCCC2. The summed E-state index contributed by atoms with van der Waals surface area (Å²) in [6, 6.07) is 11.8. The molecule has 1 nitrogen and oxygen atoms in total. The zero-order valence-electron chi connectivity index (χ0n) is 14.3. The summed E-state index contributed by atoms with van der Waals surface area (Å²) < 4.78 is 1.53. The molecular weight excluding hydrogens is 330 g/mol. The van der Waals surface area contributed by atoms with Gasteiger partial charge in [0.2, 0.25) is 0 Å². The Kier molecular flexibility index (Phi) is 3.33. The second-order valence-corrected chi connectivity index (χ2v) is 9.61. The lowest BCUT2D eigenvalue weighted by molar-refractivity contribution is 0.285. The molecule has 0 saturated heterocycles. The van der Waals surface area contributed by atoms with Crippen molar-refractivity contribution in [3.63, 3.8) is 0 Å². The van der Waals surface area contributed by atoms with E-state index < -0.39 is 0 Å². The van der Waals surface area contributed by atoms with Crippen molar-refractivity contribution < 1.29 is 0 Å². The first-order valence-corrected chi connectivity index (χ1v) is 10.8. The molecule has 1 spiro atoms. The van der Waals surface area contributed by atoms with E-state index in [2.05, 4.69) is 54.5 Å². The third-order valence-corrected chi connectivity index (χ3v) is 8.51. The van der Waals surface area contributed by atoms with E-state index in [0.29, 0.717) is 6.04 Å². The fourth-order valence-electron chi connectivity index (χ4n) is 5.13. The average Bonchev–Trinajstić information content (AvgIpc) is 3.22. The van der Waals surface area contributed by atoms with E-state index in [1.165, 1.54) is 47.4 Å². The van der Waals surface area contributed by atoms with Crippen molar-refractivity contribution >= 4 is 37.8 Å². The van der Waals surface area contributed by atoms with E-state index in [1.54, 1.807) is 15.8 Å². The average molecular weight is 354 g/mol. The highest BCUT2D eigenvalue weighted by atomic mass is 32.2. The van der Waals surface area contributed by atoms with Crippen LogP contribution in [0.3, 0.4) is 0 Å². The summed E-state index contributed by atoms with van der Waals surface area (Å²) in [4.78, 5) is 4.42. The molecule has 0 bridgehead atoms. The van der Waals surface area contributed by atoms with Crippen molar-refractivity contribution in [3.8, 4) is 0 Å². The molecule has 1 aliphatic carbocycles. The van der Waals surface area contributed by atoms with Crippen LogP contribution in [0.1, 0.15) is 61.1 Å². The normalized spacial score (nSPS) is 22.4. The van der Waals surface area contributed by atoms with Crippen LogP contribution >= 0.6 is 22.7 Å². The van der Waals surface area contributed by atoms with Crippen LogP contribution in [0.4, 0.5) is 5.69 Å². The number of nitrogens with zero attached hydrogens (tertiary/aromatic N) is 1. The van der Waals surface area contributed by atoms with E-state index in [0.717, 1.165) is 0 Å². The second kappa shape index (κ2) is 5.34. The highest BCUT2D eigenvalue weighted by molar-refractivity contribution is 7.37. The van der Waals surface area contributed by atoms with E-state index in [9.17, 15) is 0 Å². The standard InChI is InChI=1S/C21H23NS2/c1-14-8-4-5-9-17(14)22-15(2)19-18(16-10-13-23-20(16)24-19)21(22)11-6-3-7-12-21/h4-5,8-10,13,15H,3,6-7,11-12H2,1-2H3/t15-/m0/s1. The Morgan fingerprint density at radius 3 is 2.67 bits per heavy atom. The topological polar surface area (TPSA) is 3.24 Å². The number of anilines is 1. The van der Waals surface area contributed by atoms with Gasteiger partial charge in [0.05, 0.1) is 15.6 Å². The Labute approximate surface area is 151 Å². The monoisotopic (exact) mass is 353 g/mol.